The van der Waals surface area contributed by atoms with Crippen molar-refractivity contribution in [2.45, 2.75) is 13.5 Å². The Morgan fingerprint density at radius 3 is 2.50 bits per heavy atom. The van der Waals surface area contributed by atoms with Crippen LogP contribution in [0.15, 0.2) is 42.5 Å². The van der Waals surface area contributed by atoms with Crippen LogP contribution in [0.2, 0.25) is 0 Å². The molecule has 0 fully saturated rings. The van der Waals surface area contributed by atoms with Crippen LogP contribution in [0, 0.1) is 11.6 Å². The molecule has 0 spiro atoms. The number of hydrogen-bond donors (Lipinski definition) is 1. The molecule has 0 saturated carbocycles. The summed E-state index contributed by atoms with van der Waals surface area (Å²) < 4.78 is 36.7. The molecule has 0 radical (unpaired) electrons. The summed E-state index contributed by atoms with van der Waals surface area (Å²) in [5.74, 6) is -0.662. The zero-order valence-electron chi connectivity index (χ0n) is 11.9. The van der Waals surface area contributed by atoms with E-state index in [0.29, 0.717) is 5.75 Å². The van der Waals surface area contributed by atoms with Crippen molar-refractivity contribution in [3.05, 3.63) is 59.7 Å². The Kier molecular flexibility index (Phi) is 5.30. The fraction of sp³-hybridized carbons (Fsp3) is 0.188. The van der Waals surface area contributed by atoms with Gasteiger partial charge in [0.05, 0.1) is 12.3 Å². The van der Waals surface area contributed by atoms with Gasteiger partial charge in [-0.2, -0.15) is 0 Å². The molecule has 0 unspecified atom stereocenters. The van der Waals surface area contributed by atoms with Gasteiger partial charge in [-0.05, 0) is 36.8 Å². The van der Waals surface area contributed by atoms with Gasteiger partial charge in [-0.3, -0.25) is 5.32 Å². The Morgan fingerprint density at radius 2 is 1.86 bits per heavy atom. The van der Waals surface area contributed by atoms with Crippen molar-refractivity contribution in [3.63, 3.8) is 0 Å². The van der Waals surface area contributed by atoms with E-state index in [2.05, 4.69) is 10.1 Å². The third kappa shape index (κ3) is 4.44. The summed E-state index contributed by atoms with van der Waals surface area (Å²) in [6.45, 7) is 2.04. The second-order valence-electron chi connectivity index (χ2n) is 4.40. The van der Waals surface area contributed by atoms with E-state index in [1.54, 1.807) is 19.1 Å². The molecular weight excluding hydrogens is 292 g/mol. The first-order valence-electron chi connectivity index (χ1n) is 6.69. The molecule has 6 heteroatoms. The predicted molar refractivity (Wildman–Crippen MR) is 77.8 cm³/mol. The number of benzene rings is 2. The zero-order valence-corrected chi connectivity index (χ0v) is 11.9. The van der Waals surface area contributed by atoms with Crippen LogP contribution >= 0.6 is 0 Å². The fourth-order valence-electron chi connectivity index (χ4n) is 1.71. The number of hydrogen-bond acceptors (Lipinski definition) is 3. The van der Waals surface area contributed by atoms with Crippen molar-refractivity contribution >= 4 is 11.8 Å². The van der Waals surface area contributed by atoms with Crippen LogP contribution in [0.5, 0.6) is 5.75 Å². The van der Waals surface area contributed by atoms with Gasteiger partial charge in [0.25, 0.3) is 0 Å². The number of amides is 1. The molecule has 0 saturated heterocycles. The van der Waals surface area contributed by atoms with E-state index in [1.807, 2.05) is 0 Å². The molecule has 2 aromatic carbocycles. The second-order valence-corrected chi connectivity index (χ2v) is 4.40. The van der Waals surface area contributed by atoms with E-state index in [4.69, 9.17) is 4.74 Å². The van der Waals surface area contributed by atoms with E-state index >= 15 is 0 Å². The van der Waals surface area contributed by atoms with E-state index in [9.17, 15) is 13.6 Å². The highest BCUT2D eigenvalue weighted by Gasteiger charge is 2.08. The molecule has 1 amide bonds. The lowest BCUT2D eigenvalue weighted by Gasteiger charge is -2.09. The van der Waals surface area contributed by atoms with Gasteiger partial charge in [0.15, 0.2) is 5.82 Å². The number of carbonyl (C=O) groups excluding carboxylic acids is 1. The van der Waals surface area contributed by atoms with Gasteiger partial charge >= 0.3 is 6.09 Å². The standard InChI is InChI=1S/C16H15F2NO3/c1-2-21-16(20)19-15-8-7-13(9-14(15)18)22-10-11-3-5-12(17)6-4-11/h3-9H,2,10H2,1H3,(H,19,20). The Morgan fingerprint density at radius 1 is 1.14 bits per heavy atom. The van der Waals surface area contributed by atoms with E-state index in [-0.39, 0.29) is 24.7 Å². The normalized spacial score (nSPS) is 10.1. The molecule has 4 nitrogen and oxygen atoms in total. The lowest BCUT2D eigenvalue weighted by Crippen LogP contribution is -2.14. The van der Waals surface area contributed by atoms with Crippen LogP contribution in [-0.4, -0.2) is 12.7 Å². The van der Waals surface area contributed by atoms with Crippen LogP contribution in [0.4, 0.5) is 19.3 Å². The molecule has 22 heavy (non-hydrogen) atoms. The first-order chi connectivity index (χ1) is 10.6. The van der Waals surface area contributed by atoms with Crippen molar-refractivity contribution in [2.75, 3.05) is 11.9 Å². The molecule has 1 N–H and O–H groups in total. The summed E-state index contributed by atoms with van der Waals surface area (Å²) in [4.78, 5) is 11.2. The largest absolute Gasteiger partial charge is 0.489 e. The maximum absolute atomic E-state index is 13.8. The van der Waals surface area contributed by atoms with Crippen molar-refractivity contribution in [1.82, 2.24) is 0 Å². The number of rotatable bonds is 5. The summed E-state index contributed by atoms with van der Waals surface area (Å²) in [6.07, 6.45) is -0.721. The SMILES string of the molecule is CCOC(=O)Nc1ccc(OCc2ccc(F)cc2)cc1F. The maximum atomic E-state index is 13.8. The Balaban J connectivity index is 1.97. The third-order valence-electron chi connectivity index (χ3n) is 2.77. The van der Waals surface area contributed by atoms with Gasteiger partial charge in [0, 0.05) is 6.07 Å². The van der Waals surface area contributed by atoms with Gasteiger partial charge in [0.2, 0.25) is 0 Å². The first kappa shape index (κ1) is 15.8. The highest BCUT2D eigenvalue weighted by atomic mass is 19.1. The number of nitrogens with one attached hydrogen (secondary N) is 1. The summed E-state index contributed by atoms with van der Waals surface area (Å²) in [6, 6.07) is 9.88. The van der Waals surface area contributed by atoms with Gasteiger partial charge in [-0.1, -0.05) is 12.1 Å². The molecule has 0 bridgehead atoms. The molecule has 0 heterocycles. The Bertz CT molecular complexity index is 644. The first-order valence-corrected chi connectivity index (χ1v) is 6.69. The number of carbonyl (C=O) groups is 1. The molecule has 116 valence electrons. The zero-order chi connectivity index (χ0) is 15.9. The summed E-state index contributed by atoms with van der Waals surface area (Å²) in [7, 11) is 0. The van der Waals surface area contributed by atoms with Crippen molar-refractivity contribution in [3.8, 4) is 5.75 Å². The van der Waals surface area contributed by atoms with Crippen LogP contribution in [0.25, 0.3) is 0 Å². The van der Waals surface area contributed by atoms with Crippen molar-refractivity contribution < 1.29 is 23.0 Å². The lowest BCUT2D eigenvalue weighted by atomic mass is 10.2. The quantitative estimate of drug-likeness (QED) is 0.904. The average Bonchev–Trinajstić information content (AvgIpc) is 2.49. The molecular formula is C16H15F2NO3. The molecule has 0 atom stereocenters. The second kappa shape index (κ2) is 7.40. The monoisotopic (exact) mass is 307 g/mol. The van der Waals surface area contributed by atoms with Crippen LogP contribution < -0.4 is 10.1 Å². The van der Waals surface area contributed by atoms with Gasteiger partial charge < -0.3 is 9.47 Å². The maximum Gasteiger partial charge on any atom is 0.411 e. The lowest BCUT2D eigenvalue weighted by molar-refractivity contribution is 0.168. The smallest absolute Gasteiger partial charge is 0.411 e. The highest BCUT2D eigenvalue weighted by Crippen LogP contribution is 2.21. The summed E-state index contributed by atoms with van der Waals surface area (Å²) in [5.41, 5.74) is 0.767. The Labute approximate surface area is 126 Å². The number of halogens is 2. The molecule has 0 aliphatic heterocycles. The van der Waals surface area contributed by atoms with E-state index in [0.717, 1.165) is 11.6 Å². The van der Waals surface area contributed by atoms with Crippen LogP contribution in [0.1, 0.15) is 12.5 Å². The number of anilines is 1. The number of ether oxygens (including phenoxy) is 2. The highest BCUT2D eigenvalue weighted by molar-refractivity contribution is 5.84. The van der Waals surface area contributed by atoms with Crippen LogP contribution in [0.3, 0.4) is 0 Å². The molecule has 2 aromatic rings. The van der Waals surface area contributed by atoms with Crippen molar-refractivity contribution in [1.29, 1.82) is 0 Å². The summed E-state index contributed by atoms with van der Waals surface area (Å²) in [5, 5.41) is 2.28. The van der Waals surface area contributed by atoms with Gasteiger partial charge in [0.1, 0.15) is 18.2 Å². The van der Waals surface area contributed by atoms with E-state index < -0.39 is 11.9 Å². The molecule has 0 aliphatic carbocycles. The third-order valence-corrected chi connectivity index (χ3v) is 2.77. The minimum absolute atomic E-state index is 0.00702. The molecule has 0 aromatic heterocycles. The minimum atomic E-state index is -0.721. The van der Waals surface area contributed by atoms with Crippen LogP contribution in [-0.2, 0) is 11.3 Å². The van der Waals surface area contributed by atoms with Gasteiger partial charge in [-0.15, -0.1) is 0 Å². The Hall–Kier alpha value is -2.63. The average molecular weight is 307 g/mol. The molecule has 0 aliphatic rings. The summed E-state index contributed by atoms with van der Waals surface area (Å²) >= 11 is 0. The fourth-order valence-corrected chi connectivity index (χ4v) is 1.71. The minimum Gasteiger partial charge on any atom is -0.489 e. The van der Waals surface area contributed by atoms with Gasteiger partial charge in [-0.25, -0.2) is 13.6 Å². The van der Waals surface area contributed by atoms with Crippen molar-refractivity contribution in [2.24, 2.45) is 0 Å². The van der Waals surface area contributed by atoms with E-state index in [1.165, 1.54) is 24.3 Å². The molecule has 2 rings (SSSR count). The topological polar surface area (TPSA) is 47.6 Å². The predicted octanol–water partition coefficient (Wildman–Crippen LogP) is 4.11.